The smallest absolute Gasteiger partial charge is 0.249 e. The normalized spacial score (nSPS) is 18.5. The Morgan fingerprint density at radius 2 is 1.67 bits per heavy atom. The van der Waals surface area contributed by atoms with Gasteiger partial charge in [0, 0.05) is 19.6 Å². The topological polar surface area (TPSA) is 146 Å². The first kappa shape index (κ1) is 36.6. The number of carbonyl (C=O) groups excluding carboxylic acids is 3. The zero-order valence-corrected chi connectivity index (χ0v) is 28.4. The highest BCUT2D eigenvalue weighted by atomic mass is 16.5. The minimum Gasteiger partial charge on any atom is -0.497 e. The molecule has 0 radical (unpaired) electrons. The van der Waals surface area contributed by atoms with Gasteiger partial charge in [0.2, 0.25) is 17.7 Å². The van der Waals surface area contributed by atoms with E-state index in [0.717, 1.165) is 22.4 Å². The maximum Gasteiger partial charge on any atom is 0.249 e. The van der Waals surface area contributed by atoms with Crippen LogP contribution in [0.15, 0.2) is 84.9 Å². The number of hydrogen-bond acceptors (Lipinski definition) is 7. The number of carbonyl (C=O) groups is 3. The van der Waals surface area contributed by atoms with Gasteiger partial charge in [-0.15, -0.1) is 0 Å². The van der Waals surface area contributed by atoms with Gasteiger partial charge in [-0.25, -0.2) is 0 Å². The lowest BCUT2D eigenvalue weighted by molar-refractivity contribution is -0.144. The van der Waals surface area contributed by atoms with E-state index in [0.29, 0.717) is 45.2 Å². The van der Waals surface area contributed by atoms with Crippen LogP contribution in [0.25, 0.3) is 0 Å². The highest BCUT2D eigenvalue weighted by molar-refractivity contribution is 5.97. The van der Waals surface area contributed by atoms with Crippen molar-refractivity contribution in [2.75, 3.05) is 26.7 Å². The quantitative estimate of drug-likeness (QED) is 0.141. The van der Waals surface area contributed by atoms with Gasteiger partial charge in [0.25, 0.3) is 0 Å². The highest BCUT2D eigenvalue weighted by Crippen LogP contribution is 2.34. The number of nitrogens with one attached hydrogen (secondary N) is 3. The molecule has 48 heavy (non-hydrogen) atoms. The molecule has 0 aliphatic carbocycles. The highest BCUT2D eigenvalue weighted by Gasteiger charge is 2.53. The van der Waals surface area contributed by atoms with Gasteiger partial charge in [-0.1, -0.05) is 93.1 Å². The molecule has 10 nitrogen and oxygen atoms in total. The van der Waals surface area contributed by atoms with E-state index in [9.17, 15) is 19.5 Å². The van der Waals surface area contributed by atoms with E-state index in [2.05, 4.69) is 16.0 Å². The molecule has 3 aromatic carbocycles. The molecule has 4 rings (SSSR count). The van der Waals surface area contributed by atoms with Crippen LogP contribution in [0, 0.1) is 5.92 Å². The SMILES string of the molecule is CC[C@H](C)[C@@]1(NC(=O)CN)CCN([C@@H](CCc2ccccc2)C(=O)N[C@@H](Cc2ccccc2)[C@@H](O)CNCc2cccc(OC)c2)C1=O. The Morgan fingerprint density at radius 3 is 2.31 bits per heavy atom. The molecule has 3 aromatic rings. The van der Waals surface area contributed by atoms with Crippen LogP contribution in [0.2, 0.25) is 0 Å². The summed E-state index contributed by atoms with van der Waals surface area (Å²) < 4.78 is 5.33. The fourth-order valence-corrected chi connectivity index (χ4v) is 6.50. The lowest BCUT2D eigenvalue weighted by Gasteiger charge is -2.36. The van der Waals surface area contributed by atoms with Gasteiger partial charge in [-0.2, -0.15) is 0 Å². The van der Waals surface area contributed by atoms with Crippen molar-refractivity contribution in [3.8, 4) is 5.75 Å². The third kappa shape index (κ3) is 9.43. The monoisotopic (exact) mass is 657 g/mol. The second-order valence-electron chi connectivity index (χ2n) is 12.7. The summed E-state index contributed by atoms with van der Waals surface area (Å²) in [5.74, 6) is -0.416. The van der Waals surface area contributed by atoms with Crippen molar-refractivity contribution < 1.29 is 24.2 Å². The van der Waals surface area contributed by atoms with Gasteiger partial charge in [0.05, 0.1) is 25.8 Å². The number of aliphatic hydroxyl groups is 1. The van der Waals surface area contributed by atoms with Gasteiger partial charge >= 0.3 is 0 Å². The predicted molar refractivity (Wildman–Crippen MR) is 187 cm³/mol. The molecule has 10 heteroatoms. The summed E-state index contributed by atoms with van der Waals surface area (Å²) in [4.78, 5) is 42.8. The van der Waals surface area contributed by atoms with Crippen molar-refractivity contribution in [2.24, 2.45) is 11.7 Å². The molecule has 6 N–H and O–H groups in total. The number of rotatable bonds is 18. The molecule has 0 bridgehead atoms. The fraction of sp³-hybridized carbons (Fsp3) is 0.447. The number of hydrogen-bond donors (Lipinski definition) is 5. The predicted octanol–water partition coefficient (Wildman–Crippen LogP) is 2.97. The number of benzene rings is 3. The molecule has 0 saturated carbocycles. The molecule has 0 spiro atoms. The van der Waals surface area contributed by atoms with Gasteiger partial charge in [0.1, 0.15) is 17.3 Å². The molecular weight excluding hydrogens is 606 g/mol. The maximum absolute atomic E-state index is 14.3. The Kier molecular flexibility index (Phi) is 13.5. The fourth-order valence-electron chi connectivity index (χ4n) is 6.50. The summed E-state index contributed by atoms with van der Waals surface area (Å²) in [6.45, 7) is 4.75. The second-order valence-corrected chi connectivity index (χ2v) is 12.7. The number of methoxy groups -OCH3 is 1. The van der Waals surface area contributed by atoms with Crippen LogP contribution < -0.4 is 26.4 Å². The van der Waals surface area contributed by atoms with E-state index in [1.165, 1.54) is 0 Å². The van der Waals surface area contributed by atoms with E-state index < -0.39 is 29.6 Å². The zero-order valence-electron chi connectivity index (χ0n) is 28.4. The van der Waals surface area contributed by atoms with E-state index in [4.69, 9.17) is 10.5 Å². The van der Waals surface area contributed by atoms with Crippen molar-refractivity contribution in [3.63, 3.8) is 0 Å². The maximum atomic E-state index is 14.3. The standard InChI is InChI=1S/C38H51N5O5/c1-4-27(2)38(42-35(45)24-39)20-21-43(37(38)47)33(19-18-28-12-7-5-8-13-28)36(46)41-32(23-29-14-9-6-10-15-29)34(44)26-40-25-30-16-11-17-31(22-30)48-3/h5-17,22,27,32-34,40,44H,4,18-21,23-26,39H2,1-3H3,(H,41,46)(H,42,45)/t27-,32-,33-,34-,38-/m0/s1. The summed E-state index contributed by atoms with van der Waals surface area (Å²) >= 11 is 0. The molecule has 1 aliphatic heterocycles. The number of ether oxygens (including phenoxy) is 1. The number of amides is 3. The number of nitrogens with two attached hydrogens (primary N) is 1. The summed E-state index contributed by atoms with van der Waals surface area (Å²) in [6.07, 6.45) is 1.47. The third-order valence-electron chi connectivity index (χ3n) is 9.53. The molecule has 258 valence electrons. The van der Waals surface area contributed by atoms with Gasteiger partial charge < -0.3 is 36.4 Å². The Labute approximate surface area is 284 Å². The van der Waals surface area contributed by atoms with Crippen LogP contribution in [0.5, 0.6) is 5.75 Å². The Hall–Kier alpha value is -4.25. The molecule has 1 saturated heterocycles. The molecule has 1 heterocycles. The molecular formula is C38H51N5O5. The summed E-state index contributed by atoms with van der Waals surface area (Å²) in [5, 5.41) is 20.9. The number of aliphatic hydroxyl groups excluding tert-OH is 1. The zero-order chi connectivity index (χ0) is 34.5. The van der Waals surface area contributed by atoms with Crippen molar-refractivity contribution in [3.05, 3.63) is 102 Å². The molecule has 1 aliphatic rings. The molecule has 1 fully saturated rings. The third-order valence-corrected chi connectivity index (χ3v) is 9.53. The largest absolute Gasteiger partial charge is 0.497 e. The minimum atomic E-state index is -1.14. The summed E-state index contributed by atoms with van der Waals surface area (Å²) in [6, 6.07) is 25.8. The second kappa shape index (κ2) is 17.8. The lowest BCUT2D eigenvalue weighted by Crippen LogP contribution is -2.61. The first-order valence-electron chi connectivity index (χ1n) is 16.9. The van der Waals surface area contributed by atoms with Crippen LogP contribution >= 0.6 is 0 Å². The van der Waals surface area contributed by atoms with E-state index >= 15 is 0 Å². The first-order chi connectivity index (χ1) is 23.2. The van der Waals surface area contributed by atoms with E-state index in [1.54, 1.807) is 12.0 Å². The van der Waals surface area contributed by atoms with Gasteiger partial charge in [0.15, 0.2) is 0 Å². The van der Waals surface area contributed by atoms with Crippen molar-refractivity contribution in [2.45, 2.75) is 76.2 Å². The number of likely N-dealkylation sites (tertiary alicyclic amines) is 1. The molecule has 0 unspecified atom stereocenters. The average Bonchev–Trinajstić information content (AvgIpc) is 3.44. The number of nitrogens with zero attached hydrogens (tertiary/aromatic N) is 1. The summed E-state index contributed by atoms with van der Waals surface area (Å²) in [5.41, 5.74) is 7.53. The van der Waals surface area contributed by atoms with Crippen molar-refractivity contribution in [1.82, 2.24) is 20.9 Å². The molecule has 5 atom stereocenters. The van der Waals surface area contributed by atoms with Crippen LogP contribution in [-0.2, 0) is 33.8 Å². The minimum absolute atomic E-state index is 0.161. The van der Waals surface area contributed by atoms with Crippen LogP contribution in [-0.4, -0.2) is 78.2 Å². The van der Waals surface area contributed by atoms with Crippen LogP contribution in [0.1, 0.15) is 49.8 Å². The molecule has 3 amide bonds. The lowest BCUT2D eigenvalue weighted by atomic mass is 9.81. The summed E-state index contributed by atoms with van der Waals surface area (Å²) in [7, 11) is 1.62. The average molecular weight is 658 g/mol. The number of aryl methyl sites for hydroxylation is 1. The van der Waals surface area contributed by atoms with E-state index in [1.807, 2.05) is 98.8 Å². The van der Waals surface area contributed by atoms with Crippen molar-refractivity contribution >= 4 is 17.7 Å². The van der Waals surface area contributed by atoms with E-state index in [-0.39, 0.29) is 30.8 Å². The van der Waals surface area contributed by atoms with Crippen LogP contribution in [0.3, 0.4) is 0 Å². The Bertz CT molecular complexity index is 1470. The Morgan fingerprint density at radius 1 is 1.00 bits per heavy atom. The van der Waals surface area contributed by atoms with Crippen molar-refractivity contribution in [1.29, 1.82) is 0 Å². The van der Waals surface area contributed by atoms with Gasteiger partial charge in [-0.05, 0) is 60.4 Å². The Balaban J connectivity index is 1.57. The van der Waals surface area contributed by atoms with Crippen LogP contribution in [0.4, 0.5) is 0 Å². The molecule has 0 aromatic heterocycles. The first-order valence-corrected chi connectivity index (χ1v) is 16.9. The van der Waals surface area contributed by atoms with Gasteiger partial charge in [-0.3, -0.25) is 14.4 Å².